The lowest BCUT2D eigenvalue weighted by atomic mass is 10.3. The minimum Gasteiger partial charge on any atom is -0.494 e. The van der Waals surface area contributed by atoms with Gasteiger partial charge in [0.25, 0.3) is 0 Å². The number of rotatable bonds is 11. The van der Waals surface area contributed by atoms with E-state index in [-0.39, 0.29) is 0 Å². The van der Waals surface area contributed by atoms with Crippen LogP contribution < -0.4 is 10.1 Å². The third kappa shape index (κ3) is 6.80. The van der Waals surface area contributed by atoms with Crippen LogP contribution in [0.1, 0.15) is 40.0 Å². The van der Waals surface area contributed by atoms with Gasteiger partial charge in [-0.1, -0.05) is 27.2 Å². The molecule has 0 heterocycles. The fraction of sp³-hybridized carbons (Fsp3) is 0.647. The van der Waals surface area contributed by atoms with Crippen molar-refractivity contribution in [2.45, 2.75) is 40.0 Å². The third-order valence-electron chi connectivity index (χ3n) is 3.50. The van der Waals surface area contributed by atoms with E-state index in [1.165, 1.54) is 18.5 Å². The highest BCUT2D eigenvalue weighted by Crippen LogP contribution is 2.15. The third-order valence-corrected chi connectivity index (χ3v) is 3.50. The second-order valence-corrected chi connectivity index (χ2v) is 5.03. The van der Waals surface area contributed by atoms with Crippen molar-refractivity contribution in [1.29, 1.82) is 0 Å². The zero-order valence-corrected chi connectivity index (χ0v) is 13.3. The van der Waals surface area contributed by atoms with E-state index < -0.39 is 0 Å². The number of hydrogen-bond donors (Lipinski definition) is 1. The van der Waals surface area contributed by atoms with Gasteiger partial charge < -0.3 is 15.0 Å². The molecule has 114 valence electrons. The van der Waals surface area contributed by atoms with Crippen LogP contribution in [0.2, 0.25) is 0 Å². The van der Waals surface area contributed by atoms with Crippen LogP contribution in [0.3, 0.4) is 0 Å². The van der Waals surface area contributed by atoms with E-state index in [1.54, 1.807) is 0 Å². The predicted octanol–water partition coefficient (Wildman–Crippen LogP) is 4.01. The minimum absolute atomic E-state index is 0.791. The fourth-order valence-corrected chi connectivity index (χ4v) is 2.10. The van der Waals surface area contributed by atoms with Crippen molar-refractivity contribution >= 4 is 5.69 Å². The molecule has 0 aromatic heterocycles. The molecule has 0 aliphatic carbocycles. The first-order valence-electron chi connectivity index (χ1n) is 7.99. The van der Waals surface area contributed by atoms with Crippen molar-refractivity contribution in [2.75, 3.05) is 38.1 Å². The Labute approximate surface area is 124 Å². The molecular formula is C17H30N2O. The molecule has 0 radical (unpaired) electrons. The molecule has 0 bridgehead atoms. The molecule has 3 heteroatoms. The van der Waals surface area contributed by atoms with Crippen LogP contribution in [0.25, 0.3) is 0 Å². The molecule has 1 rings (SSSR count). The van der Waals surface area contributed by atoms with Gasteiger partial charge in [-0.25, -0.2) is 0 Å². The quantitative estimate of drug-likeness (QED) is 0.619. The van der Waals surface area contributed by atoms with Gasteiger partial charge in [-0.15, -0.1) is 0 Å². The van der Waals surface area contributed by atoms with Crippen molar-refractivity contribution in [3.8, 4) is 5.75 Å². The zero-order chi connectivity index (χ0) is 14.6. The van der Waals surface area contributed by atoms with E-state index in [2.05, 4.69) is 43.1 Å². The van der Waals surface area contributed by atoms with E-state index in [0.29, 0.717) is 0 Å². The van der Waals surface area contributed by atoms with Crippen molar-refractivity contribution in [1.82, 2.24) is 4.90 Å². The highest BCUT2D eigenvalue weighted by Gasteiger charge is 1.99. The average molecular weight is 278 g/mol. The number of benzene rings is 1. The maximum absolute atomic E-state index is 5.77. The maximum Gasteiger partial charge on any atom is 0.119 e. The average Bonchev–Trinajstić information content (AvgIpc) is 2.49. The van der Waals surface area contributed by atoms with Crippen molar-refractivity contribution < 1.29 is 4.74 Å². The fourth-order valence-electron chi connectivity index (χ4n) is 2.10. The van der Waals surface area contributed by atoms with Crippen LogP contribution in [0.15, 0.2) is 24.3 Å². The minimum atomic E-state index is 0.791. The first kappa shape index (κ1) is 16.8. The highest BCUT2D eigenvalue weighted by atomic mass is 16.5. The molecule has 20 heavy (non-hydrogen) atoms. The molecule has 0 unspecified atom stereocenters. The Morgan fingerprint density at radius 1 is 1.00 bits per heavy atom. The molecule has 1 aromatic rings. The normalized spacial score (nSPS) is 10.8. The van der Waals surface area contributed by atoms with Crippen LogP contribution in [-0.2, 0) is 0 Å². The summed E-state index contributed by atoms with van der Waals surface area (Å²) in [6.45, 7) is 11.8. The number of nitrogens with zero attached hydrogens (tertiary/aromatic N) is 1. The Hall–Kier alpha value is -1.22. The van der Waals surface area contributed by atoms with Crippen molar-refractivity contribution in [2.24, 2.45) is 0 Å². The first-order valence-corrected chi connectivity index (χ1v) is 7.99. The maximum atomic E-state index is 5.77. The lowest BCUT2D eigenvalue weighted by Crippen LogP contribution is -2.25. The van der Waals surface area contributed by atoms with Gasteiger partial charge in [-0.3, -0.25) is 0 Å². The van der Waals surface area contributed by atoms with E-state index in [1.807, 2.05) is 12.1 Å². The molecule has 0 aliphatic rings. The monoisotopic (exact) mass is 278 g/mol. The smallest absolute Gasteiger partial charge is 0.119 e. The summed E-state index contributed by atoms with van der Waals surface area (Å²) in [5.74, 6) is 0.964. The molecule has 3 nitrogen and oxygen atoms in total. The van der Waals surface area contributed by atoms with E-state index in [4.69, 9.17) is 4.74 Å². The van der Waals surface area contributed by atoms with Crippen molar-refractivity contribution in [3.63, 3.8) is 0 Å². The van der Waals surface area contributed by atoms with Gasteiger partial charge in [0.05, 0.1) is 6.61 Å². The molecule has 0 fully saturated rings. The number of anilines is 1. The van der Waals surface area contributed by atoms with E-state index in [9.17, 15) is 0 Å². The molecular weight excluding hydrogens is 248 g/mol. The molecule has 0 saturated carbocycles. The van der Waals surface area contributed by atoms with Gasteiger partial charge in [0.1, 0.15) is 5.75 Å². The van der Waals surface area contributed by atoms with Gasteiger partial charge in [-0.05, 0) is 50.2 Å². The standard InChI is InChI=1S/C17H30N2O/c1-4-7-13-18-16-9-11-17(12-10-16)20-15-8-14-19(5-2)6-3/h9-12,18H,4-8,13-15H2,1-3H3. The summed E-state index contributed by atoms with van der Waals surface area (Å²) < 4.78 is 5.77. The Morgan fingerprint density at radius 2 is 1.70 bits per heavy atom. The summed E-state index contributed by atoms with van der Waals surface area (Å²) in [4.78, 5) is 2.42. The number of ether oxygens (including phenoxy) is 1. The number of nitrogens with one attached hydrogen (secondary N) is 1. The van der Waals surface area contributed by atoms with Gasteiger partial charge in [0, 0.05) is 18.8 Å². The van der Waals surface area contributed by atoms with Gasteiger partial charge in [0.15, 0.2) is 0 Å². The first-order chi connectivity index (χ1) is 9.80. The van der Waals surface area contributed by atoms with Crippen LogP contribution in [0.5, 0.6) is 5.75 Å². The molecule has 0 saturated heterocycles. The molecule has 1 N–H and O–H groups in total. The summed E-state index contributed by atoms with van der Waals surface area (Å²) in [6, 6.07) is 8.28. The molecule has 0 atom stereocenters. The van der Waals surface area contributed by atoms with Gasteiger partial charge >= 0.3 is 0 Å². The van der Waals surface area contributed by atoms with Gasteiger partial charge in [-0.2, -0.15) is 0 Å². The Morgan fingerprint density at radius 3 is 2.30 bits per heavy atom. The van der Waals surface area contributed by atoms with Crippen LogP contribution >= 0.6 is 0 Å². The van der Waals surface area contributed by atoms with Crippen LogP contribution in [-0.4, -0.2) is 37.7 Å². The predicted molar refractivity (Wildman–Crippen MR) is 87.7 cm³/mol. The van der Waals surface area contributed by atoms with Crippen molar-refractivity contribution in [3.05, 3.63) is 24.3 Å². The summed E-state index contributed by atoms with van der Waals surface area (Å²) in [5, 5.41) is 3.41. The summed E-state index contributed by atoms with van der Waals surface area (Å²) in [5.41, 5.74) is 1.17. The largest absolute Gasteiger partial charge is 0.494 e. The number of unbranched alkanes of at least 4 members (excludes halogenated alkanes) is 1. The topological polar surface area (TPSA) is 24.5 Å². The molecule has 1 aromatic carbocycles. The molecule has 0 amide bonds. The molecule has 0 aliphatic heterocycles. The zero-order valence-electron chi connectivity index (χ0n) is 13.3. The van der Waals surface area contributed by atoms with Crippen LogP contribution in [0, 0.1) is 0 Å². The Balaban J connectivity index is 2.21. The molecule has 0 spiro atoms. The summed E-state index contributed by atoms with van der Waals surface area (Å²) in [6.07, 6.45) is 3.52. The second kappa shape index (κ2) is 10.6. The second-order valence-electron chi connectivity index (χ2n) is 5.03. The highest BCUT2D eigenvalue weighted by molar-refractivity contribution is 5.46. The summed E-state index contributed by atoms with van der Waals surface area (Å²) >= 11 is 0. The summed E-state index contributed by atoms with van der Waals surface area (Å²) in [7, 11) is 0. The van der Waals surface area contributed by atoms with E-state index >= 15 is 0 Å². The lowest BCUT2D eigenvalue weighted by Gasteiger charge is -2.17. The lowest BCUT2D eigenvalue weighted by molar-refractivity contribution is 0.249. The Kier molecular flexibility index (Phi) is 8.88. The number of hydrogen-bond acceptors (Lipinski definition) is 3. The van der Waals surface area contributed by atoms with Gasteiger partial charge in [0.2, 0.25) is 0 Å². The van der Waals surface area contributed by atoms with Crippen LogP contribution in [0.4, 0.5) is 5.69 Å². The SMILES string of the molecule is CCCCNc1ccc(OCCCN(CC)CC)cc1. The van der Waals surface area contributed by atoms with E-state index in [0.717, 1.165) is 45.0 Å². The Bertz CT molecular complexity index is 333.